The van der Waals surface area contributed by atoms with E-state index in [0.29, 0.717) is 26.1 Å². The summed E-state index contributed by atoms with van der Waals surface area (Å²) in [6.45, 7) is 1.84. The number of fused-ring (bicyclic) bond motifs is 1. The van der Waals surface area contributed by atoms with Crippen LogP contribution in [0.25, 0.3) is 11.0 Å². The van der Waals surface area contributed by atoms with Gasteiger partial charge >= 0.3 is 12.2 Å². The highest BCUT2D eigenvalue weighted by Crippen LogP contribution is 2.29. The van der Waals surface area contributed by atoms with Crippen LogP contribution in [0.1, 0.15) is 18.4 Å². The molecule has 0 unspecified atom stereocenters. The lowest BCUT2D eigenvalue weighted by atomic mass is 10.2. The van der Waals surface area contributed by atoms with Gasteiger partial charge in [-0.1, -0.05) is 12.1 Å². The second-order valence-electron chi connectivity index (χ2n) is 8.05. The molecule has 0 aliphatic carbocycles. The standard InChI is InChI=1S/C23H25F3N6O2/c24-23(25,26)16-7-9-17(10-8-16)28-20(33)15-32-13-4-3-12-31(14-11-27-22(32)34)21-29-18-5-1-2-6-19(18)30-21/h1-2,5-10H,3-4,11-15H2,(H,27,34)(H,28,33)(H,29,30). The topological polar surface area (TPSA) is 93.4 Å². The molecule has 0 saturated carbocycles. The first kappa shape index (κ1) is 23.4. The van der Waals surface area contributed by atoms with Crippen molar-refractivity contribution < 1.29 is 22.8 Å². The molecule has 2 aromatic carbocycles. The summed E-state index contributed by atoms with van der Waals surface area (Å²) in [7, 11) is 0. The van der Waals surface area contributed by atoms with E-state index >= 15 is 0 Å². The van der Waals surface area contributed by atoms with Gasteiger partial charge < -0.3 is 25.4 Å². The number of halogens is 3. The van der Waals surface area contributed by atoms with Crippen molar-refractivity contribution in [3.63, 3.8) is 0 Å². The predicted octanol–water partition coefficient (Wildman–Crippen LogP) is 3.83. The molecule has 1 saturated heterocycles. The van der Waals surface area contributed by atoms with Crippen LogP contribution in [0.2, 0.25) is 0 Å². The minimum atomic E-state index is -4.44. The van der Waals surface area contributed by atoms with Crippen molar-refractivity contribution in [1.29, 1.82) is 0 Å². The summed E-state index contributed by atoms with van der Waals surface area (Å²) in [5.41, 5.74) is 1.27. The zero-order valence-electron chi connectivity index (χ0n) is 18.4. The molecule has 11 heteroatoms. The SMILES string of the molecule is O=C(CN1CCCCN(c2nc3ccccc3[nH]2)CCNC1=O)Nc1ccc(C(F)(F)F)cc1. The number of rotatable bonds is 4. The van der Waals surface area contributed by atoms with Crippen LogP contribution in [0.4, 0.5) is 29.6 Å². The van der Waals surface area contributed by atoms with E-state index in [1.807, 2.05) is 24.3 Å². The third-order valence-electron chi connectivity index (χ3n) is 5.56. The summed E-state index contributed by atoms with van der Waals surface area (Å²) in [6, 6.07) is 11.6. The first-order valence-corrected chi connectivity index (χ1v) is 11.0. The molecule has 0 radical (unpaired) electrons. The zero-order valence-corrected chi connectivity index (χ0v) is 18.4. The van der Waals surface area contributed by atoms with Crippen molar-refractivity contribution in [1.82, 2.24) is 20.2 Å². The Labute approximate surface area is 194 Å². The quantitative estimate of drug-likeness (QED) is 0.536. The number of hydrogen-bond acceptors (Lipinski definition) is 4. The molecule has 3 N–H and O–H groups in total. The number of para-hydroxylation sites is 2. The van der Waals surface area contributed by atoms with E-state index in [-0.39, 0.29) is 18.3 Å². The van der Waals surface area contributed by atoms with E-state index in [1.54, 1.807) is 0 Å². The fraction of sp³-hybridized carbons (Fsp3) is 0.348. The summed E-state index contributed by atoms with van der Waals surface area (Å²) in [4.78, 5) is 36.5. The van der Waals surface area contributed by atoms with Gasteiger partial charge in [0.05, 0.1) is 16.6 Å². The molecular weight excluding hydrogens is 449 g/mol. The van der Waals surface area contributed by atoms with Crippen LogP contribution in [-0.4, -0.2) is 59.5 Å². The Morgan fingerprint density at radius 3 is 2.50 bits per heavy atom. The predicted molar refractivity (Wildman–Crippen MR) is 123 cm³/mol. The number of nitrogens with zero attached hydrogens (tertiary/aromatic N) is 3. The van der Waals surface area contributed by atoms with Crippen LogP contribution in [-0.2, 0) is 11.0 Å². The van der Waals surface area contributed by atoms with Gasteiger partial charge in [0.25, 0.3) is 0 Å². The molecule has 3 amide bonds. The van der Waals surface area contributed by atoms with Crippen molar-refractivity contribution >= 4 is 34.6 Å². The second-order valence-corrected chi connectivity index (χ2v) is 8.05. The van der Waals surface area contributed by atoms with E-state index in [1.165, 1.54) is 17.0 Å². The smallest absolute Gasteiger partial charge is 0.341 e. The van der Waals surface area contributed by atoms with E-state index in [9.17, 15) is 22.8 Å². The summed E-state index contributed by atoms with van der Waals surface area (Å²) in [5, 5.41) is 5.37. The minimum Gasteiger partial charge on any atom is -0.341 e. The van der Waals surface area contributed by atoms with Crippen LogP contribution in [0, 0.1) is 0 Å². The molecule has 34 heavy (non-hydrogen) atoms. The average molecular weight is 474 g/mol. The second kappa shape index (κ2) is 10.0. The molecule has 3 aromatic rings. The summed E-state index contributed by atoms with van der Waals surface area (Å²) in [6.07, 6.45) is -2.97. The van der Waals surface area contributed by atoms with Gasteiger partial charge in [-0.25, -0.2) is 9.78 Å². The highest BCUT2D eigenvalue weighted by Gasteiger charge is 2.30. The number of urea groups is 1. The number of carbonyl (C=O) groups is 2. The Bertz CT molecular complexity index is 1110. The third-order valence-corrected chi connectivity index (χ3v) is 5.56. The van der Waals surface area contributed by atoms with Crippen molar-refractivity contribution in [2.75, 3.05) is 42.9 Å². The average Bonchev–Trinajstić information content (AvgIpc) is 3.23. The van der Waals surface area contributed by atoms with E-state index in [4.69, 9.17) is 0 Å². The molecule has 1 aliphatic heterocycles. The van der Waals surface area contributed by atoms with Crippen molar-refractivity contribution in [2.45, 2.75) is 19.0 Å². The molecule has 2 heterocycles. The fourth-order valence-corrected chi connectivity index (χ4v) is 3.80. The Morgan fingerprint density at radius 2 is 1.76 bits per heavy atom. The molecule has 8 nitrogen and oxygen atoms in total. The van der Waals surface area contributed by atoms with Crippen LogP contribution < -0.4 is 15.5 Å². The monoisotopic (exact) mass is 474 g/mol. The van der Waals surface area contributed by atoms with Crippen molar-refractivity contribution in [3.05, 3.63) is 54.1 Å². The lowest BCUT2D eigenvalue weighted by Gasteiger charge is -2.28. The van der Waals surface area contributed by atoms with Crippen LogP contribution in [0.3, 0.4) is 0 Å². The zero-order chi connectivity index (χ0) is 24.1. The molecule has 1 aliphatic rings. The van der Waals surface area contributed by atoms with Crippen LogP contribution in [0.15, 0.2) is 48.5 Å². The van der Waals surface area contributed by atoms with Crippen molar-refractivity contribution in [2.24, 2.45) is 0 Å². The number of imidazole rings is 1. The van der Waals surface area contributed by atoms with Gasteiger partial charge in [-0.05, 0) is 49.2 Å². The number of aromatic amines is 1. The lowest BCUT2D eigenvalue weighted by Crippen LogP contribution is -2.47. The molecule has 1 aromatic heterocycles. The third kappa shape index (κ3) is 5.77. The number of benzene rings is 2. The number of amides is 3. The molecule has 0 atom stereocenters. The summed E-state index contributed by atoms with van der Waals surface area (Å²) in [5.74, 6) is 0.277. The van der Waals surface area contributed by atoms with Crippen LogP contribution in [0.5, 0.6) is 0 Å². The maximum absolute atomic E-state index is 12.7. The highest BCUT2D eigenvalue weighted by molar-refractivity contribution is 5.94. The largest absolute Gasteiger partial charge is 0.416 e. The van der Waals surface area contributed by atoms with Gasteiger partial charge in [0.2, 0.25) is 11.9 Å². The molecular formula is C23H25F3N6O2. The minimum absolute atomic E-state index is 0.194. The van der Waals surface area contributed by atoms with E-state index in [0.717, 1.165) is 42.1 Å². The Kier molecular flexibility index (Phi) is 6.90. The number of H-pyrrole nitrogens is 1. The van der Waals surface area contributed by atoms with Gasteiger partial charge in [0.1, 0.15) is 6.54 Å². The number of alkyl halides is 3. The molecule has 1 fully saturated rings. The first-order chi connectivity index (χ1) is 16.3. The Morgan fingerprint density at radius 1 is 1.03 bits per heavy atom. The fourth-order valence-electron chi connectivity index (χ4n) is 3.80. The Balaban J connectivity index is 1.32. The molecule has 180 valence electrons. The van der Waals surface area contributed by atoms with E-state index < -0.39 is 17.6 Å². The number of hydrogen-bond donors (Lipinski definition) is 3. The summed E-state index contributed by atoms with van der Waals surface area (Å²) >= 11 is 0. The van der Waals surface area contributed by atoms with Crippen molar-refractivity contribution in [3.8, 4) is 0 Å². The van der Waals surface area contributed by atoms with Gasteiger partial charge in [-0.3, -0.25) is 4.79 Å². The van der Waals surface area contributed by atoms with Gasteiger partial charge in [-0.15, -0.1) is 0 Å². The van der Waals surface area contributed by atoms with Gasteiger partial charge in [0, 0.05) is 31.9 Å². The Hall–Kier alpha value is -3.76. The number of anilines is 2. The lowest BCUT2D eigenvalue weighted by molar-refractivity contribution is -0.137. The molecule has 4 rings (SSSR count). The maximum atomic E-state index is 12.7. The number of aromatic nitrogens is 2. The first-order valence-electron chi connectivity index (χ1n) is 11.0. The number of carbonyl (C=O) groups excluding carboxylic acids is 2. The van der Waals surface area contributed by atoms with Gasteiger partial charge in [-0.2, -0.15) is 13.2 Å². The summed E-state index contributed by atoms with van der Waals surface area (Å²) < 4.78 is 38.1. The normalized spacial score (nSPS) is 15.8. The van der Waals surface area contributed by atoms with Crippen LogP contribution >= 0.6 is 0 Å². The highest BCUT2D eigenvalue weighted by atomic mass is 19.4. The maximum Gasteiger partial charge on any atom is 0.416 e. The molecule has 0 spiro atoms. The van der Waals surface area contributed by atoms with Gasteiger partial charge in [0.15, 0.2) is 0 Å². The molecule has 0 bridgehead atoms. The number of nitrogens with one attached hydrogen (secondary N) is 3. The van der Waals surface area contributed by atoms with E-state index in [2.05, 4.69) is 25.5 Å².